The topological polar surface area (TPSA) is 37.3 Å². The van der Waals surface area contributed by atoms with Gasteiger partial charge in [0.15, 0.2) is 11.1 Å². The van der Waals surface area contributed by atoms with Gasteiger partial charge in [-0.3, -0.25) is 0 Å². The molecule has 8 unspecified atom stereocenters. The molecule has 25 heavy (non-hydrogen) atoms. The molecule has 142 valence electrons. The molecule has 0 aromatic rings. The van der Waals surface area contributed by atoms with Crippen molar-refractivity contribution < 1.29 is 35.1 Å². The summed E-state index contributed by atoms with van der Waals surface area (Å²) in [6.45, 7) is 0. The Balaban J connectivity index is 1.65. The molecule has 4 bridgehead atoms. The average Bonchev–Trinajstić information content (AvgIpc) is 3.19. The average molecular weight is 388 g/mol. The first-order valence-corrected chi connectivity index (χ1v) is 9.51. The van der Waals surface area contributed by atoms with Gasteiger partial charge in [-0.05, 0) is 67.1 Å². The van der Waals surface area contributed by atoms with Gasteiger partial charge in [-0.25, -0.2) is 4.21 Å². The molecule has 4 aliphatic carbocycles. The Labute approximate surface area is 143 Å². The molecule has 0 heterocycles. The van der Waals surface area contributed by atoms with Crippen molar-refractivity contribution in [2.45, 2.75) is 42.8 Å². The molecule has 1 N–H and O–H groups in total. The van der Waals surface area contributed by atoms with Crippen molar-refractivity contribution in [3.8, 4) is 0 Å². The number of rotatable bonds is 3. The van der Waals surface area contributed by atoms with E-state index in [1.165, 1.54) is 0 Å². The van der Waals surface area contributed by atoms with E-state index in [-0.39, 0.29) is 23.7 Å². The number of halogens is 6. The summed E-state index contributed by atoms with van der Waals surface area (Å²) in [6.07, 6.45) is -6.89. The van der Waals surface area contributed by atoms with E-state index >= 15 is 0 Å². The van der Waals surface area contributed by atoms with Crippen LogP contribution in [-0.4, -0.2) is 25.9 Å². The molecular formula is C16H18F6O2S. The van der Waals surface area contributed by atoms with Gasteiger partial charge >= 0.3 is 12.4 Å². The van der Waals surface area contributed by atoms with Crippen LogP contribution < -0.4 is 0 Å². The van der Waals surface area contributed by atoms with Gasteiger partial charge in [-0.2, -0.15) is 26.3 Å². The predicted molar refractivity (Wildman–Crippen MR) is 77.7 cm³/mol. The minimum Gasteiger partial charge on any atom is -0.305 e. The molecule has 0 aromatic carbocycles. The summed E-state index contributed by atoms with van der Waals surface area (Å²) in [4.78, 5) is 0. The molecule has 4 rings (SSSR count). The molecule has 0 aliphatic heterocycles. The van der Waals surface area contributed by atoms with E-state index in [9.17, 15) is 30.6 Å². The highest BCUT2D eigenvalue weighted by Crippen LogP contribution is 2.68. The predicted octanol–water partition coefficient (Wildman–Crippen LogP) is 4.56. The van der Waals surface area contributed by atoms with Crippen molar-refractivity contribution in [3.63, 3.8) is 0 Å². The van der Waals surface area contributed by atoms with Crippen LogP contribution in [-0.2, 0) is 11.1 Å². The first-order chi connectivity index (χ1) is 11.5. The largest absolute Gasteiger partial charge is 0.416 e. The molecule has 2 nitrogen and oxygen atoms in total. The molecule has 3 saturated carbocycles. The fourth-order valence-corrected chi connectivity index (χ4v) is 7.17. The van der Waals surface area contributed by atoms with Gasteiger partial charge in [0.05, 0.1) is 0 Å². The highest BCUT2D eigenvalue weighted by molar-refractivity contribution is 7.81. The standard InChI is InChI=1S/C16H18F6O2S/c17-15(18,19)14(25(23)24,16(20,21)22)6-10-4-9-5-11(10)13-8-2-1-7(3-8)12(9)13/h1-2,7-13H,3-6H2,(H,23,24). The summed E-state index contributed by atoms with van der Waals surface area (Å²) in [5.41, 5.74) is 0. The molecule has 0 radical (unpaired) electrons. The Kier molecular flexibility index (Phi) is 3.74. The van der Waals surface area contributed by atoms with E-state index in [0.29, 0.717) is 24.7 Å². The SMILES string of the molecule is O=S(O)C(CC1CC2CC1C1C3C=CC(C3)C21)(C(F)(F)F)C(F)(F)F. The lowest BCUT2D eigenvalue weighted by atomic mass is 9.67. The highest BCUT2D eigenvalue weighted by atomic mass is 32.2. The Hall–Kier alpha value is -0.570. The quantitative estimate of drug-likeness (QED) is 0.333. The van der Waals surface area contributed by atoms with Crippen molar-refractivity contribution in [1.29, 1.82) is 0 Å². The van der Waals surface area contributed by atoms with Crippen LogP contribution in [0.15, 0.2) is 12.2 Å². The Morgan fingerprint density at radius 1 is 0.920 bits per heavy atom. The third-order valence-electron chi connectivity index (χ3n) is 7.17. The molecular weight excluding hydrogens is 370 g/mol. The third-order valence-corrected chi connectivity index (χ3v) is 8.40. The van der Waals surface area contributed by atoms with E-state index in [2.05, 4.69) is 12.2 Å². The Bertz CT molecular complexity index is 613. The van der Waals surface area contributed by atoms with Gasteiger partial charge in [0, 0.05) is 0 Å². The molecule has 0 amide bonds. The van der Waals surface area contributed by atoms with E-state index in [4.69, 9.17) is 4.55 Å². The van der Waals surface area contributed by atoms with E-state index in [1.807, 2.05) is 0 Å². The number of alkyl halides is 6. The monoisotopic (exact) mass is 388 g/mol. The zero-order chi connectivity index (χ0) is 18.4. The van der Waals surface area contributed by atoms with Crippen molar-refractivity contribution >= 4 is 11.1 Å². The minimum absolute atomic E-state index is 0.144. The normalized spacial score (nSPS) is 43.7. The fraction of sp³-hybridized carbons (Fsp3) is 0.875. The second-order valence-corrected chi connectivity index (χ2v) is 9.23. The van der Waals surface area contributed by atoms with Crippen molar-refractivity contribution in [2.75, 3.05) is 0 Å². The van der Waals surface area contributed by atoms with E-state index in [0.717, 1.165) is 6.42 Å². The zero-order valence-corrected chi connectivity index (χ0v) is 13.9. The summed E-state index contributed by atoms with van der Waals surface area (Å²) in [6, 6.07) is 0. The lowest BCUT2D eigenvalue weighted by Crippen LogP contribution is -2.61. The second-order valence-electron chi connectivity index (χ2n) is 8.03. The van der Waals surface area contributed by atoms with Gasteiger partial charge in [-0.1, -0.05) is 12.2 Å². The van der Waals surface area contributed by atoms with Gasteiger partial charge in [0.25, 0.3) is 4.75 Å². The number of fused-ring (bicyclic) bond motifs is 9. The number of hydrogen-bond acceptors (Lipinski definition) is 1. The highest BCUT2D eigenvalue weighted by Gasteiger charge is 2.76. The molecule has 0 aromatic heterocycles. The maximum Gasteiger partial charge on any atom is 0.416 e. The van der Waals surface area contributed by atoms with Gasteiger partial charge < -0.3 is 4.55 Å². The van der Waals surface area contributed by atoms with Crippen LogP contribution in [0.5, 0.6) is 0 Å². The molecule has 8 atom stereocenters. The number of hydrogen-bond donors (Lipinski definition) is 1. The van der Waals surface area contributed by atoms with Crippen molar-refractivity contribution in [1.82, 2.24) is 0 Å². The maximum atomic E-state index is 13.4. The van der Waals surface area contributed by atoms with Crippen molar-refractivity contribution in [2.24, 2.45) is 41.4 Å². The van der Waals surface area contributed by atoms with Crippen molar-refractivity contribution in [3.05, 3.63) is 12.2 Å². The maximum absolute atomic E-state index is 13.4. The van der Waals surface area contributed by atoms with Crippen LogP contribution in [0.1, 0.15) is 25.7 Å². The second kappa shape index (κ2) is 5.24. The summed E-state index contributed by atoms with van der Waals surface area (Å²) >= 11 is -4.07. The lowest BCUT2D eigenvalue weighted by Gasteiger charge is -2.41. The summed E-state index contributed by atoms with van der Waals surface area (Å²) in [5.74, 6) is 0.311. The summed E-state index contributed by atoms with van der Waals surface area (Å²) < 4.78 is 96.0. The van der Waals surface area contributed by atoms with Crippen LogP contribution >= 0.6 is 0 Å². The zero-order valence-electron chi connectivity index (χ0n) is 13.1. The van der Waals surface area contributed by atoms with Gasteiger partial charge in [-0.15, -0.1) is 0 Å². The van der Waals surface area contributed by atoms with Crippen LogP contribution in [0.2, 0.25) is 0 Å². The van der Waals surface area contributed by atoms with Crippen LogP contribution in [0.4, 0.5) is 26.3 Å². The van der Waals surface area contributed by atoms with Crippen LogP contribution in [0.25, 0.3) is 0 Å². The molecule has 9 heteroatoms. The lowest BCUT2D eigenvalue weighted by molar-refractivity contribution is -0.272. The summed E-state index contributed by atoms with van der Waals surface area (Å²) in [7, 11) is 0. The van der Waals surface area contributed by atoms with E-state index in [1.54, 1.807) is 0 Å². The number of allylic oxidation sites excluding steroid dienone is 2. The van der Waals surface area contributed by atoms with E-state index < -0.39 is 40.5 Å². The van der Waals surface area contributed by atoms with Gasteiger partial charge in [0.2, 0.25) is 0 Å². The fourth-order valence-electron chi connectivity index (χ4n) is 6.42. The molecule has 0 spiro atoms. The molecule has 4 aliphatic rings. The first-order valence-electron chi connectivity index (χ1n) is 8.40. The smallest absolute Gasteiger partial charge is 0.305 e. The Morgan fingerprint density at radius 3 is 2.00 bits per heavy atom. The Morgan fingerprint density at radius 2 is 1.48 bits per heavy atom. The van der Waals surface area contributed by atoms with Crippen LogP contribution in [0, 0.1) is 41.4 Å². The molecule has 0 saturated heterocycles. The van der Waals surface area contributed by atoms with Gasteiger partial charge in [0.1, 0.15) is 0 Å². The molecule has 3 fully saturated rings. The van der Waals surface area contributed by atoms with Crippen LogP contribution in [0.3, 0.4) is 0 Å². The summed E-state index contributed by atoms with van der Waals surface area (Å²) in [5, 5.41) is 0. The first kappa shape index (κ1) is 17.8. The minimum atomic E-state index is -5.82. The third kappa shape index (κ3) is 2.23.